The van der Waals surface area contributed by atoms with Gasteiger partial charge in [-0.3, -0.25) is 0 Å². The van der Waals surface area contributed by atoms with E-state index in [2.05, 4.69) is 0 Å². The number of rotatable bonds is 1. The number of carbonyl (C=O) groups is 2. The molecule has 2 aromatic rings. The molecule has 1 aromatic heterocycles. The molecule has 2 N–H and O–H groups in total. The van der Waals surface area contributed by atoms with Gasteiger partial charge in [0, 0.05) is 11.9 Å². The maximum atomic E-state index is 11.3. The van der Waals surface area contributed by atoms with Crippen molar-refractivity contribution in [3.05, 3.63) is 29.8 Å². The Labute approximate surface area is 127 Å². The second kappa shape index (κ2) is 6.19. The first-order valence-corrected chi connectivity index (χ1v) is 6.51. The van der Waals surface area contributed by atoms with Gasteiger partial charge in [-0.2, -0.15) is 13.2 Å². The van der Waals surface area contributed by atoms with Gasteiger partial charge in [0.15, 0.2) is 0 Å². The average molecular weight is 331 g/mol. The Balaban J connectivity index is 0.000000236. The molecule has 9 heteroatoms. The van der Waals surface area contributed by atoms with Crippen LogP contribution in [-0.4, -0.2) is 39.5 Å². The van der Waals surface area contributed by atoms with Crippen LogP contribution in [-0.2, 0) is 11.3 Å². The molecule has 0 radical (unpaired) electrons. The van der Waals surface area contributed by atoms with Crippen LogP contribution >= 0.6 is 0 Å². The Morgan fingerprint density at radius 1 is 1.17 bits per heavy atom. The fraction of sp³-hybridized carbons (Fsp3) is 0.286. The molecule has 0 bridgehead atoms. The second-order valence-electron chi connectivity index (χ2n) is 4.66. The SMILES string of the molecule is O=C(O)C(F)(F)F.O=C(O)c1c2n(c3ccccc13)CCCO2. The predicted octanol–water partition coefficient (Wildman–Crippen LogP) is 2.76. The summed E-state index contributed by atoms with van der Waals surface area (Å²) in [4.78, 5) is 20.2. The monoisotopic (exact) mass is 331 g/mol. The summed E-state index contributed by atoms with van der Waals surface area (Å²) < 4.78 is 39.2. The van der Waals surface area contributed by atoms with Gasteiger partial charge in [-0.25, -0.2) is 9.59 Å². The van der Waals surface area contributed by atoms with E-state index in [4.69, 9.17) is 14.6 Å². The zero-order chi connectivity index (χ0) is 17.2. The third-order valence-electron chi connectivity index (χ3n) is 3.14. The van der Waals surface area contributed by atoms with Gasteiger partial charge in [-0.1, -0.05) is 18.2 Å². The Kier molecular flexibility index (Phi) is 4.48. The first kappa shape index (κ1) is 16.7. The molecule has 0 amide bonds. The molecule has 2 heterocycles. The second-order valence-corrected chi connectivity index (χ2v) is 4.66. The first-order valence-electron chi connectivity index (χ1n) is 6.51. The molecule has 3 rings (SSSR count). The first-order chi connectivity index (χ1) is 10.7. The van der Waals surface area contributed by atoms with Gasteiger partial charge in [0.2, 0.25) is 5.88 Å². The van der Waals surface area contributed by atoms with Crippen molar-refractivity contribution < 1.29 is 37.7 Å². The molecule has 1 aromatic carbocycles. The van der Waals surface area contributed by atoms with Crippen LogP contribution in [0.5, 0.6) is 5.88 Å². The predicted molar refractivity (Wildman–Crippen MR) is 72.7 cm³/mol. The average Bonchev–Trinajstić information content (AvgIpc) is 2.81. The molecule has 0 unspecified atom stereocenters. The molecule has 0 atom stereocenters. The van der Waals surface area contributed by atoms with E-state index in [0.717, 1.165) is 23.9 Å². The number of hydrogen-bond acceptors (Lipinski definition) is 3. The summed E-state index contributed by atoms with van der Waals surface area (Å²) in [6, 6.07) is 7.52. The van der Waals surface area contributed by atoms with Crippen LogP contribution in [0.2, 0.25) is 0 Å². The van der Waals surface area contributed by atoms with E-state index in [9.17, 15) is 23.1 Å². The van der Waals surface area contributed by atoms with Crippen molar-refractivity contribution in [2.45, 2.75) is 19.1 Å². The molecular weight excluding hydrogens is 319 g/mol. The highest BCUT2D eigenvalue weighted by Crippen LogP contribution is 2.34. The number of hydrogen-bond donors (Lipinski definition) is 2. The van der Waals surface area contributed by atoms with E-state index in [-0.39, 0.29) is 5.56 Å². The number of aromatic carboxylic acids is 1. The molecule has 0 aliphatic carbocycles. The fourth-order valence-corrected chi connectivity index (χ4v) is 2.25. The highest BCUT2D eigenvalue weighted by atomic mass is 19.4. The fourth-order valence-electron chi connectivity index (χ4n) is 2.25. The minimum absolute atomic E-state index is 0.287. The summed E-state index contributed by atoms with van der Waals surface area (Å²) in [5, 5.41) is 17.1. The number of nitrogens with zero attached hydrogens (tertiary/aromatic N) is 1. The number of aliphatic carboxylic acids is 1. The smallest absolute Gasteiger partial charge is 0.478 e. The molecule has 1 aliphatic heterocycles. The minimum Gasteiger partial charge on any atom is -0.478 e. The van der Waals surface area contributed by atoms with Crippen molar-refractivity contribution >= 4 is 22.8 Å². The van der Waals surface area contributed by atoms with E-state index in [1.165, 1.54) is 0 Å². The Morgan fingerprint density at radius 3 is 2.35 bits per heavy atom. The maximum Gasteiger partial charge on any atom is 0.490 e. The lowest BCUT2D eigenvalue weighted by Crippen LogP contribution is -2.21. The van der Waals surface area contributed by atoms with Crippen LogP contribution < -0.4 is 4.74 Å². The number of fused-ring (bicyclic) bond motifs is 3. The van der Waals surface area contributed by atoms with Gasteiger partial charge >= 0.3 is 18.1 Å². The molecule has 1 aliphatic rings. The Morgan fingerprint density at radius 2 is 1.78 bits per heavy atom. The summed E-state index contributed by atoms with van der Waals surface area (Å²) >= 11 is 0. The maximum absolute atomic E-state index is 11.3. The van der Waals surface area contributed by atoms with E-state index < -0.39 is 18.1 Å². The lowest BCUT2D eigenvalue weighted by atomic mass is 10.2. The summed E-state index contributed by atoms with van der Waals surface area (Å²) in [5.74, 6) is -3.18. The summed E-state index contributed by atoms with van der Waals surface area (Å²) in [7, 11) is 0. The van der Waals surface area contributed by atoms with Gasteiger partial charge in [-0.15, -0.1) is 0 Å². The van der Waals surface area contributed by atoms with Crippen molar-refractivity contribution in [3.63, 3.8) is 0 Å². The van der Waals surface area contributed by atoms with Crippen molar-refractivity contribution in [1.82, 2.24) is 4.57 Å². The van der Waals surface area contributed by atoms with Crippen LogP contribution in [0.25, 0.3) is 10.9 Å². The van der Waals surface area contributed by atoms with Crippen LogP contribution in [0.4, 0.5) is 13.2 Å². The molecular formula is C14H12F3NO5. The number of carboxylic acid groups (broad SMARTS) is 2. The molecule has 6 nitrogen and oxygen atoms in total. The minimum atomic E-state index is -5.08. The number of aromatic nitrogens is 1. The Hall–Kier alpha value is -2.71. The number of ether oxygens (including phenoxy) is 1. The van der Waals surface area contributed by atoms with Gasteiger partial charge in [0.05, 0.1) is 12.1 Å². The summed E-state index contributed by atoms with van der Waals surface area (Å²) in [5.41, 5.74) is 1.23. The zero-order valence-corrected chi connectivity index (χ0v) is 11.6. The molecule has 0 saturated carbocycles. The van der Waals surface area contributed by atoms with Gasteiger partial charge in [0.25, 0.3) is 0 Å². The molecule has 0 saturated heterocycles. The van der Waals surface area contributed by atoms with Crippen LogP contribution in [0.3, 0.4) is 0 Å². The third kappa shape index (κ3) is 3.38. The third-order valence-corrected chi connectivity index (χ3v) is 3.14. The lowest BCUT2D eigenvalue weighted by molar-refractivity contribution is -0.192. The lowest BCUT2D eigenvalue weighted by Gasteiger charge is -2.17. The number of carboxylic acids is 2. The normalized spacial score (nSPS) is 13.5. The number of aryl methyl sites for hydroxylation is 1. The van der Waals surface area contributed by atoms with E-state index in [0.29, 0.717) is 12.5 Å². The van der Waals surface area contributed by atoms with Gasteiger partial charge in [-0.05, 0) is 12.5 Å². The van der Waals surface area contributed by atoms with Crippen LogP contribution in [0.15, 0.2) is 24.3 Å². The van der Waals surface area contributed by atoms with Crippen LogP contribution in [0, 0.1) is 0 Å². The standard InChI is InChI=1S/C12H11NO3.C2HF3O2/c14-12(15)10-8-4-1-2-5-9(8)13-6-3-7-16-11(10)13;3-2(4,5)1(6)7/h1-2,4-5H,3,6-7H2,(H,14,15);(H,6,7). The summed E-state index contributed by atoms with van der Waals surface area (Å²) in [6.07, 6.45) is -4.16. The van der Waals surface area contributed by atoms with E-state index in [1.54, 1.807) is 0 Å². The molecule has 0 fully saturated rings. The van der Waals surface area contributed by atoms with Crippen molar-refractivity contribution in [3.8, 4) is 5.88 Å². The van der Waals surface area contributed by atoms with Crippen molar-refractivity contribution in [2.24, 2.45) is 0 Å². The van der Waals surface area contributed by atoms with Gasteiger partial charge in [0.1, 0.15) is 5.56 Å². The van der Waals surface area contributed by atoms with Crippen LogP contribution in [0.1, 0.15) is 16.8 Å². The Bertz CT molecular complexity index is 751. The van der Waals surface area contributed by atoms with Crippen molar-refractivity contribution in [2.75, 3.05) is 6.61 Å². The number of halogens is 3. The van der Waals surface area contributed by atoms with E-state index >= 15 is 0 Å². The van der Waals surface area contributed by atoms with E-state index in [1.807, 2.05) is 28.8 Å². The quantitative estimate of drug-likeness (QED) is 0.839. The molecule has 0 spiro atoms. The number of para-hydroxylation sites is 1. The zero-order valence-electron chi connectivity index (χ0n) is 11.6. The molecule has 124 valence electrons. The largest absolute Gasteiger partial charge is 0.490 e. The highest BCUT2D eigenvalue weighted by molar-refractivity contribution is 6.06. The number of alkyl halides is 3. The van der Waals surface area contributed by atoms with Gasteiger partial charge < -0.3 is 19.5 Å². The summed E-state index contributed by atoms with van der Waals surface area (Å²) in [6.45, 7) is 1.42. The molecule has 23 heavy (non-hydrogen) atoms. The highest BCUT2D eigenvalue weighted by Gasteiger charge is 2.38. The topological polar surface area (TPSA) is 88.8 Å². The number of benzene rings is 1. The van der Waals surface area contributed by atoms with Crippen molar-refractivity contribution in [1.29, 1.82) is 0 Å².